The van der Waals surface area contributed by atoms with Crippen molar-refractivity contribution in [3.8, 4) is 0 Å². The zero-order chi connectivity index (χ0) is 22.2. The molecule has 0 saturated carbocycles. The van der Waals surface area contributed by atoms with Crippen LogP contribution in [-0.2, 0) is 17.6 Å². The Bertz CT molecular complexity index is 892. The minimum Gasteiger partial charge on any atom is -0.477 e. The molecule has 31 heavy (non-hydrogen) atoms. The summed E-state index contributed by atoms with van der Waals surface area (Å²) in [4.78, 5) is 26.6. The number of nitrogens with zero attached hydrogens (tertiary/aromatic N) is 1. The lowest BCUT2D eigenvalue weighted by atomic mass is 9.95. The molecule has 0 bridgehead atoms. The van der Waals surface area contributed by atoms with Crippen LogP contribution in [0.25, 0.3) is 0 Å². The number of rotatable bonds is 11. The minimum atomic E-state index is -0.896. The first-order valence-electron chi connectivity index (χ1n) is 11.0. The highest BCUT2D eigenvalue weighted by Gasteiger charge is 2.28. The molecule has 1 aromatic heterocycles. The van der Waals surface area contributed by atoms with Crippen LogP contribution in [0.5, 0.6) is 0 Å². The lowest BCUT2D eigenvalue weighted by molar-refractivity contribution is -0.128. The van der Waals surface area contributed by atoms with Gasteiger partial charge in [-0.1, -0.05) is 49.4 Å². The number of aromatic carboxylic acids is 1. The van der Waals surface area contributed by atoms with Gasteiger partial charge in [0, 0.05) is 17.8 Å². The molecule has 2 N–H and O–H groups in total. The summed E-state index contributed by atoms with van der Waals surface area (Å²) in [6, 6.07) is 13.8. The number of hydrogen-bond acceptors (Lipinski definition) is 4. The maximum absolute atomic E-state index is 12.3. The molecule has 1 fully saturated rings. The predicted octanol–water partition coefficient (Wildman–Crippen LogP) is 4.56. The number of carbonyl (C=O) groups is 2. The second kappa shape index (κ2) is 11.3. The van der Waals surface area contributed by atoms with Crippen LogP contribution >= 0.6 is 11.3 Å². The first-order chi connectivity index (χ1) is 14.9. The van der Waals surface area contributed by atoms with Crippen molar-refractivity contribution in [2.45, 2.75) is 57.6 Å². The summed E-state index contributed by atoms with van der Waals surface area (Å²) < 4.78 is 0. The highest BCUT2D eigenvalue weighted by molar-refractivity contribution is 7.13. The van der Waals surface area contributed by atoms with Gasteiger partial charge in [0.1, 0.15) is 4.88 Å². The molecular weight excluding hydrogens is 410 g/mol. The molecule has 5 nitrogen and oxygen atoms in total. The van der Waals surface area contributed by atoms with E-state index in [-0.39, 0.29) is 17.9 Å². The average molecular weight is 442 g/mol. The average Bonchev–Trinajstić information content (AvgIpc) is 3.38. The van der Waals surface area contributed by atoms with Gasteiger partial charge in [0.25, 0.3) is 0 Å². The first-order valence-corrected chi connectivity index (χ1v) is 11.8. The van der Waals surface area contributed by atoms with Crippen molar-refractivity contribution in [2.24, 2.45) is 5.92 Å². The van der Waals surface area contributed by atoms with E-state index in [1.807, 2.05) is 41.3 Å². The Morgan fingerprint density at radius 3 is 2.71 bits per heavy atom. The molecule has 3 atom stereocenters. The maximum Gasteiger partial charge on any atom is 0.345 e. The normalized spacial score (nSPS) is 18.6. The van der Waals surface area contributed by atoms with E-state index in [0.29, 0.717) is 17.8 Å². The molecule has 2 heterocycles. The zero-order valence-electron chi connectivity index (χ0n) is 17.9. The van der Waals surface area contributed by atoms with Gasteiger partial charge in [-0.3, -0.25) is 4.79 Å². The fourth-order valence-corrected chi connectivity index (χ4v) is 4.83. The van der Waals surface area contributed by atoms with Gasteiger partial charge in [0.15, 0.2) is 0 Å². The largest absolute Gasteiger partial charge is 0.477 e. The summed E-state index contributed by atoms with van der Waals surface area (Å²) in [7, 11) is 0. The van der Waals surface area contributed by atoms with Crippen LogP contribution in [0.1, 0.15) is 52.7 Å². The maximum atomic E-state index is 12.3. The fraction of sp³-hybridized carbons (Fsp3) is 0.440. The van der Waals surface area contributed by atoms with Gasteiger partial charge in [-0.2, -0.15) is 0 Å². The van der Waals surface area contributed by atoms with Crippen LogP contribution in [0.4, 0.5) is 0 Å². The van der Waals surface area contributed by atoms with Gasteiger partial charge >= 0.3 is 5.97 Å². The van der Waals surface area contributed by atoms with Gasteiger partial charge in [0.2, 0.25) is 5.91 Å². The predicted molar refractivity (Wildman–Crippen MR) is 123 cm³/mol. The van der Waals surface area contributed by atoms with E-state index in [9.17, 15) is 14.7 Å². The summed E-state index contributed by atoms with van der Waals surface area (Å²) in [6.07, 6.45) is 8.03. The summed E-state index contributed by atoms with van der Waals surface area (Å²) in [5.41, 5.74) is 1.28. The smallest absolute Gasteiger partial charge is 0.345 e. The zero-order valence-corrected chi connectivity index (χ0v) is 18.8. The Hall–Kier alpha value is -2.44. The van der Waals surface area contributed by atoms with Gasteiger partial charge in [-0.25, -0.2) is 4.79 Å². The van der Waals surface area contributed by atoms with E-state index < -0.39 is 12.1 Å². The molecule has 0 spiro atoms. The van der Waals surface area contributed by atoms with E-state index in [1.165, 1.54) is 16.9 Å². The van der Waals surface area contributed by atoms with E-state index in [2.05, 4.69) is 19.1 Å². The van der Waals surface area contributed by atoms with E-state index in [1.54, 1.807) is 6.07 Å². The van der Waals surface area contributed by atoms with Crippen molar-refractivity contribution < 1.29 is 19.8 Å². The highest BCUT2D eigenvalue weighted by Crippen LogP contribution is 2.23. The number of benzene rings is 1. The summed E-state index contributed by atoms with van der Waals surface area (Å²) >= 11 is 1.30. The molecule has 3 rings (SSSR count). The summed E-state index contributed by atoms with van der Waals surface area (Å²) in [6.45, 7) is 2.70. The van der Waals surface area contributed by atoms with Gasteiger partial charge in [-0.15, -0.1) is 11.3 Å². The lowest BCUT2D eigenvalue weighted by Gasteiger charge is -2.23. The third-order valence-electron chi connectivity index (χ3n) is 5.91. The third kappa shape index (κ3) is 6.77. The van der Waals surface area contributed by atoms with Crippen molar-refractivity contribution in [3.63, 3.8) is 0 Å². The number of amides is 1. The van der Waals surface area contributed by atoms with Crippen molar-refractivity contribution in [1.82, 2.24) is 4.90 Å². The number of hydrogen-bond donors (Lipinski definition) is 2. The van der Waals surface area contributed by atoms with Gasteiger partial charge in [0.05, 0.1) is 12.1 Å². The minimum absolute atomic E-state index is 0.0291. The van der Waals surface area contributed by atoms with Crippen molar-refractivity contribution in [2.75, 3.05) is 6.54 Å². The molecule has 6 heteroatoms. The Morgan fingerprint density at radius 2 is 2.00 bits per heavy atom. The lowest BCUT2D eigenvalue weighted by Crippen LogP contribution is -2.33. The molecular formula is C25H31NO4S. The molecule has 1 aliphatic rings. The van der Waals surface area contributed by atoms with Crippen molar-refractivity contribution in [1.29, 1.82) is 0 Å². The number of likely N-dealkylation sites (tertiary alicyclic amines) is 1. The number of thiophene rings is 1. The number of carbonyl (C=O) groups excluding carboxylic acids is 1. The number of aliphatic hydroxyl groups is 1. The molecule has 3 unspecified atom stereocenters. The molecule has 1 aromatic carbocycles. The van der Waals surface area contributed by atoms with E-state index >= 15 is 0 Å². The molecule has 0 aliphatic carbocycles. The van der Waals surface area contributed by atoms with Crippen LogP contribution in [0.3, 0.4) is 0 Å². The Labute approximate surface area is 188 Å². The van der Waals surface area contributed by atoms with Gasteiger partial charge in [-0.05, 0) is 55.7 Å². The highest BCUT2D eigenvalue weighted by atomic mass is 32.1. The van der Waals surface area contributed by atoms with Crippen molar-refractivity contribution in [3.05, 3.63) is 69.9 Å². The standard InChI is InChI=1S/C25H31NO4S/c1-18(9-10-19-6-3-2-4-7-19)22(27)14-11-20-12-16-24(28)26(20)17-5-8-21-13-15-23(31-21)25(29)30/h2-4,6-7,11,13-15,18,20,22,27H,5,8-10,12,16-17H2,1H3,(H,29,30). The first kappa shape index (κ1) is 23.2. The third-order valence-corrected chi connectivity index (χ3v) is 7.05. The fourth-order valence-electron chi connectivity index (χ4n) is 3.94. The molecule has 0 radical (unpaired) electrons. The monoisotopic (exact) mass is 441 g/mol. The van der Waals surface area contributed by atoms with Crippen molar-refractivity contribution >= 4 is 23.2 Å². The quantitative estimate of drug-likeness (QED) is 0.501. The molecule has 166 valence electrons. The van der Waals surface area contributed by atoms with Crippen LogP contribution in [0.2, 0.25) is 0 Å². The molecule has 1 aliphatic heterocycles. The Kier molecular flexibility index (Phi) is 8.43. The molecule has 1 amide bonds. The number of carboxylic acids is 1. The summed E-state index contributed by atoms with van der Waals surface area (Å²) in [5.74, 6) is -0.601. The molecule has 2 aromatic rings. The number of aryl methyl sites for hydroxylation is 2. The Morgan fingerprint density at radius 1 is 1.23 bits per heavy atom. The van der Waals surface area contributed by atoms with E-state index in [4.69, 9.17) is 5.11 Å². The van der Waals surface area contributed by atoms with Crippen LogP contribution < -0.4 is 0 Å². The summed E-state index contributed by atoms with van der Waals surface area (Å²) in [5, 5.41) is 19.6. The number of carboxylic acid groups (broad SMARTS) is 1. The second-order valence-corrected chi connectivity index (χ2v) is 9.41. The van der Waals surface area contributed by atoms with Crippen LogP contribution in [0.15, 0.2) is 54.6 Å². The Balaban J connectivity index is 1.46. The van der Waals surface area contributed by atoms with Gasteiger partial charge < -0.3 is 15.1 Å². The molecule has 1 saturated heterocycles. The topological polar surface area (TPSA) is 77.8 Å². The SMILES string of the molecule is CC(CCc1ccccc1)C(O)C=CC1CCC(=O)N1CCCc1ccc(C(=O)O)s1. The van der Waals surface area contributed by atoms with Crippen LogP contribution in [0, 0.1) is 5.92 Å². The second-order valence-electron chi connectivity index (χ2n) is 8.24. The number of aliphatic hydroxyl groups excluding tert-OH is 1. The van der Waals surface area contributed by atoms with Crippen LogP contribution in [-0.4, -0.2) is 45.7 Å². The van der Waals surface area contributed by atoms with E-state index in [0.717, 1.165) is 37.0 Å².